The number of nitrogen functional groups attached to an aromatic ring is 1. The summed E-state index contributed by atoms with van der Waals surface area (Å²) in [5.41, 5.74) is 11.0. The van der Waals surface area contributed by atoms with Gasteiger partial charge in [0, 0.05) is 22.9 Å². The summed E-state index contributed by atoms with van der Waals surface area (Å²) in [6.45, 7) is 1.70. The summed E-state index contributed by atoms with van der Waals surface area (Å²) in [7, 11) is 0. The van der Waals surface area contributed by atoms with E-state index in [0.29, 0.717) is 0 Å². The van der Waals surface area contributed by atoms with Crippen molar-refractivity contribution in [1.29, 1.82) is 0 Å². The van der Waals surface area contributed by atoms with E-state index in [1.807, 2.05) is 0 Å². The molecule has 0 aliphatic carbocycles. The molecular weight excluding hydrogens is 276 g/mol. The molecule has 108 valence electrons. The van der Waals surface area contributed by atoms with Crippen LogP contribution in [0.4, 0.5) is 14.6 Å². The molecule has 0 saturated carbocycles. The Balaban J connectivity index is 2.60. The van der Waals surface area contributed by atoms with E-state index in [0.717, 1.165) is 12.1 Å². The maximum atomic E-state index is 14.1. The monoisotopic (exact) mass is 289 g/mol. The van der Waals surface area contributed by atoms with Gasteiger partial charge in [0.05, 0.1) is 5.56 Å². The first-order chi connectivity index (χ1) is 9.93. The van der Waals surface area contributed by atoms with Crippen LogP contribution in [0.1, 0.15) is 22.8 Å². The zero-order chi connectivity index (χ0) is 15.6. The number of hydrogen-bond donors (Lipinski definition) is 2. The quantitative estimate of drug-likeness (QED) is 0.911. The maximum Gasteiger partial charge on any atom is 0.252 e. The molecule has 2 aromatic rings. The number of carbonyl (C=O) groups excluding carboxylic acids is 1. The lowest BCUT2D eigenvalue weighted by Gasteiger charge is -2.08. The number of hydrogen-bond acceptors (Lipinski definition) is 3. The number of halogens is 2. The minimum Gasteiger partial charge on any atom is -0.383 e. The number of pyridine rings is 1. The second kappa shape index (κ2) is 5.70. The largest absolute Gasteiger partial charge is 0.383 e. The highest BCUT2D eigenvalue weighted by molar-refractivity contribution is 5.98. The van der Waals surface area contributed by atoms with Crippen molar-refractivity contribution in [3.8, 4) is 11.1 Å². The number of anilines is 1. The Labute approximate surface area is 120 Å². The Morgan fingerprint density at radius 1 is 1.24 bits per heavy atom. The summed E-state index contributed by atoms with van der Waals surface area (Å²) in [5, 5.41) is 0. The van der Waals surface area contributed by atoms with Crippen molar-refractivity contribution < 1.29 is 13.6 Å². The Kier molecular flexibility index (Phi) is 3.98. The molecule has 0 atom stereocenters. The summed E-state index contributed by atoms with van der Waals surface area (Å²) in [6.07, 6.45) is 4.32. The van der Waals surface area contributed by atoms with Crippen LogP contribution in [-0.4, -0.2) is 10.9 Å². The highest BCUT2D eigenvalue weighted by Crippen LogP contribution is 2.27. The van der Waals surface area contributed by atoms with Crippen molar-refractivity contribution in [3.05, 3.63) is 53.2 Å². The predicted octanol–water partition coefficient (Wildman–Crippen LogP) is 2.74. The van der Waals surface area contributed by atoms with Crippen LogP contribution in [0.2, 0.25) is 0 Å². The third-order valence-corrected chi connectivity index (χ3v) is 2.93. The van der Waals surface area contributed by atoms with Gasteiger partial charge in [0.25, 0.3) is 5.91 Å². The highest BCUT2D eigenvalue weighted by atomic mass is 19.1. The van der Waals surface area contributed by atoms with Gasteiger partial charge >= 0.3 is 0 Å². The Bertz CT molecular complexity index is 742. The number of amides is 1. The highest BCUT2D eigenvalue weighted by Gasteiger charge is 2.14. The summed E-state index contributed by atoms with van der Waals surface area (Å²) in [5.74, 6) is -2.06. The molecule has 0 radical (unpaired) electrons. The number of nitrogens with two attached hydrogens (primary N) is 2. The summed E-state index contributed by atoms with van der Waals surface area (Å²) < 4.78 is 28.0. The first-order valence-corrected chi connectivity index (χ1v) is 6.11. The van der Waals surface area contributed by atoms with Gasteiger partial charge in [0.15, 0.2) is 0 Å². The fourth-order valence-electron chi connectivity index (χ4n) is 1.91. The molecule has 21 heavy (non-hydrogen) atoms. The standard InChI is InChI=1S/C15H13F2N3O/c1-2-3-8-5-13(17)10(6-12(8)16)9-4-11(15(19)21)14(18)20-7-9/h2-7H,1H3,(H2,18,20)(H2,19,21)/b3-2+. The molecule has 1 heterocycles. The molecule has 2 rings (SSSR count). The average molecular weight is 289 g/mol. The van der Waals surface area contributed by atoms with Gasteiger partial charge < -0.3 is 11.5 Å². The van der Waals surface area contributed by atoms with E-state index in [4.69, 9.17) is 11.5 Å². The molecule has 6 heteroatoms. The molecule has 0 fully saturated rings. The number of allylic oxidation sites excluding steroid dienone is 1. The van der Waals surface area contributed by atoms with Crippen LogP contribution in [0.25, 0.3) is 17.2 Å². The van der Waals surface area contributed by atoms with Gasteiger partial charge in [-0.25, -0.2) is 13.8 Å². The first kappa shape index (κ1) is 14.6. The topological polar surface area (TPSA) is 82.0 Å². The second-order valence-corrected chi connectivity index (χ2v) is 4.37. The number of benzene rings is 1. The molecule has 1 aromatic carbocycles. The van der Waals surface area contributed by atoms with Gasteiger partial charge in [-0.2, -0.15) is 0 Å². The summed E-state index contributed by atoms with van der Waals surface area (Å²) in [6, 6.07) is 3.41. The molecule has 1 aromatic heterocycles. The van der Waals surface area contributed by atoms with E-state index in [1.165, 1.54) is 18.3 Å². The number of nitrogens with zero attached hydrogens (tertiary/aromatic N) is 1. The third-order valence-electron chi connectivity index (χ3n) is 2.93. The Hall–Kier alpha value is -2.76. The molecular formula is C15H13F2N3O. The summed E-state index contributed by atoms with van der Waals surface area (Å²) in [4.78, 5) is 15.0. The Morgan fingerprint density at radius 3 is 2.57 bits per heavy atom. The zero-order valence-electron chi connectivity index (χ0n) is 11.2. The second-order valence-electron chi connectivity index (χ2n) is 4.37. The molecule has 0 spiro atoms. The number of rotatable bonds is 3. The number of aromatic nitrogens is 1. The number of primary amides is 1. The van der Waals surface area contributed by atoms with Crippen LogP contribution in [-0.2, 0) is 0 Å². The van der Waals surface area contributed by atoms with Crippen LogP contribution in [0.15, 0.2) is 30.5 Å². The van der Waals surface area contributed by atoms with Gasteiger partial charge in [-0.05, 0) is 25.1 Å². The normalized spacial score (nSPS) is 11.0. The van der Waals surface area contributed by atoms with E-state index in [-0.39, 0.29) is 28.1 Å². The van der Waals surface area contributed by atoms with Crippen LogP contribution in [0.3, 0.4) is 0 Å². The van der Waals surface area contributed by atoms with E-state index in [9.17, 15) is 13.6 Å². The fourth-order valence-corrected chi connectivity index (χ4v) is 1.91. The molecule has 4 nitrogen and oxygen atoms in total. The lowest BCUT2D eigenvalue weighted by Crippen LogP contribution is -2.14. The fraction of sp³-hybridized carbons (Fsp3) is 0.0667. The van der Waals surface area contributed by atoms with E-state index < -0.39 is 17.5 Å². The summed E-state index contributed by atoms with van der Waals surface area (Å²) >= 11 is 0. The van der Waals surface area contributed by atoms with Gasteiger partial charge in [-0.3, -0.25) is 4.79 Å². The lowest BCUT2D eigenvalue weighted by atomic mass is 10.0. The maximum absolute atomic E-state index is 14.1. The molecule has 0 unspecified atom stereocenters. The van der Waals surface area contributed by atoms with Crippen molar-refractivity contribution in [2.45, 2.75) is 6.92 Å². The van der Waals surface area contributed by atoms with Crippen LogP contribution >= 0.6 is 0 Å². The van der Waals surface area contributed by atoms with Gasteiger partial charge in [-0.15, -0.1) is 0 Å². The van der Waals surface area contributed by atoms with Crippen molar-refractivity contribution in [1.82, 2.24) is 4.98 Å². The molecule has 0 saturated heterocycles. The minimum absolute atomic E-state index is 0.0178. The Morgan fingerprint density at radius 2 is 1.95 bits per heavy atom. The molecule has 0 aliphatic rings. The minimum atomic E-state index is -0.784. The molecule has 1 amide bonds. The van der Waals surface area contributed by atoms with Gasteiger partial charge in [0.2, 0.25) is 0 Å². The van der Waals surface area contributed by atoms with Crippen molar-refractivity contribution in [2.75, 3.05) is 5.73 Å². The van der Waals surface area contributed by atoms with Crippen molar-refractivity contribution in [3.63, 3.8) is 0 Å². The predicted molar refractivity (Wildman–Crippen MR) is 77.2 cm³/mol. The van der Waals surface area contributed by atoms with E-state index >= 15 is 0 Å². The van der Waals surface area contributed by atoms with Crippen molar-refractivity contribution in [2.24, 2.45) is 5.73 Å². The number of carbonyl (C=O) groups is 1. The molecule has 0 bridgehead atoms. The SMILES string of the molecule is C/C=C/c1cc(F)c(-c2cnc(N)c(C(N)=O)c2)cc1F. The average Bonchev–Trinajstić information content (AvgIpc) is 2.43. The van der Waals surface area contributed by atoms with Gasteiger partial charge in [0.1, 0.15) is 17.5 Å². The smallest absolute Gasteiger partial charge is 0.252 e. The van der Waals surface area contributed by atoms with Crippen molar-refractivity contribution >= 4 is 17.8 Å². The molecule has 0 aliphatic heterocycles. The van der Waals surface area contributed by atoms with E-state index in [1.54, 1.807) is 13.0 Å². The van der Waals surface area contributed by atoms with Crippen LogP contribution < -0.4 is 11.5 Å². The van der Waals surface area contributed by atoms with Crippen LogP contribution in [0.5, 0.6) is 0 Å². The van der Waals surface area contributed by atoms with Crippen LogP contribution in [0, 0.1) is 11.6 Å². The van der Waals surface area contributed by atoms with E-state index in [2.05, 4.69) is 4.98 Å². The lowest BCUT2D eigenvalue weighted by molar-refractivity contribution is 0.100. The third kappa shape index (κ3) is 2.89. The molecule has 4 N–H and O–H groups in total. The van der Waals surface area contributed by atoms with Gasteiger partial charge in [-0.1, -0.05) is 12.2 Å². The zero-order valence-corrected chi connectivity index (χ0v) is 11.2. The first-order valence-electron chi connectivity index (χ1n) is 6.11.